The molecule has 0 spiro atoms. The second kappa shape index (κ2) is 2.49. The Hall–Kier alpha value is -0.350. The van der Waals surface area contributed by atoms with Crippen LogP contribution in [0.5, 0.6) is 0 Å². The third-order valence-corrected chi connectivity index (χ3v) is 1.82. The Labute approximate surface area is 61.4 Å². The number of halogens is 1. The van der Waals surface area contributed by atoms with E-state index in [1.807, 2.05) is 0 Å². The number of aliphatic hydroxyl groups excluding tert-OH is 1. The molecule has 50 valence electrons. The highest BCUT2D eigenvalue weighted by Crippen LogP contribution is 2.13. The van der Waals surface area contributed by atoms with Crippen molar-refractivity contribution >= 4 is 15.9 Å². The van der Waals surface area contributed by atoms with Crippen LogP contribution in [-0.2, 0) is 13.7 Å². The van der Waals surface area contributed by atoms with Crippen LogP contribution in [0.25, 0.3) is 0 Å². The molecule has 1 N–H and O–H groups in total. The maximum Gasteiger partial charge on any atom is 0.0861 e. The summed E-state index contributed by atoms with van der Waals surface area (Å²) in [5.74, 6) is 0. The van der Waals surface area contributed by atoms with E-state index in [1.54, 1.807) is 17.9 Å². The van der Waals surface area contributed by atoms with Gasteiger partial charge in [-0.3, -0.25) is 4.68 Å². The fourth-order valence-corrected chi connectivity index (χ4v) is 1.09. The summed E-state index contributed by atoms with van der Waals surface area (Å²) in [6, 6.07) is 0. The minimum absolute atomic E-state index is 0.0249. The van der Waals surface area contributed by atoms with Gasteiger partial charge in [0.1, 0.15) is 0 Å². The predicted molar refractivity (Wildman–Crippen MR) is 36.8 cm³/mol. The Morgan fingerprint density at radius 1 is 1.89 bits per heavy atom. The van der Waals surface area contributed by atoms with Crippen molar-refractivity contribution in [3.05, 3.63) is 16.4 Å². The van der Waals surface area contributed by atoms with Crippen LogP contribution in [0.3, 0.4) is 0 Å². The van der Waals surface area contributed by atoms with Crippen molar-refractivity contribution in [1.82, 2.24) is 9.78 Å². The smallest absolute Gasteiger partial charge is 0.0861 e. The molecular weight excluding hydrogens is 184 g/mol. The molecule has 3 nitrogen and oxygen atoms in total. The van der Waals surface area contributed by atoms with Gasteiger partial charge in [-0.05, 0) is 15.9 Å². The largest absolute Gasteiger partial charge is 0.390 e. The van der Waals surface area contributed by atoms with Crippen LogP contribution in [0.15, 0.2) is 10.7 Å². The van der Waals surface area contributed by atoms with Crippen LogP contribution in [0, 0.1) is 0 Å². The molecule has 0 atom stereocenters. The summed E-state index contributed by atoms with van der Waals surface area (Å²) in [5, 5.41) is 12.6. The topological polar surface area (TPSA) is 38.0 Å². The Bertz CT molecular complexity index is 189. The van der Waals surface area contributed by atoms with Crippen molar-refractivity contribution < 1.29 is 5.11 Å². The Morgan fingerprint density at radius 3 is 2.78 bits per heavy atom. The maximum atomic E-state index is 8.70. The molecule has 0 fully saturated rings. The standard InChI is InChI=1S/C5H7BrN2O/c1-8-5(3-9)4(6)2-7-8/h2,9H,3H2,1H3. The van der Waals surface area contributed by atoms with E-state index in [0.29, 0.717) is 0 Å². The lowest BCUT2D eigenvalue weighted by Crippen LogP contribution is -1.97. The summed E-state index contributed by atoms with van der Waals surface area (Å²) >= 11 is 3.23. The zero-order chi connectivity index (χ0) is 6.85. The van der Waals surface area contributed by atoms with E-state index in [9.17, 15) is 0 Å². The monoisotopic (exact) mass is 190 g/mol. The molecule has 1 rings (SSSR count). The van der Waals surface area contributed by atoms with E-state index in [-0.39, 0.29) is 6.61 Å². The minimum Gasteiger partial charge on any atom is -0.390 e. The van der Waals surface area contributed by atoms with Crippen LogP contribution in [0.4, 0.5) is 0 Å². The van der Waals surface area contributed by atoms with Crippen molar-refractivity contribution in [1.29, 1.82) is 0 Å². The predicted octanol–water partition coefficient (Wildman–Crippen LogP) is 0.675. The molecule has 0 radical (unpaired) electrons. The summed E-state index contributed by atoms with van der Waals surface area (Å²) in [7, 11) is 1.79. The summed E-state index contributed by atoms with van der Waals surface area (Å²) in [6.45, 7) is 0.0249. The third kappa shape index (κ3) is 1.14. The average molecular weight is 191 g/mol. The van der Waals surface area contributed by atoms with E-state index in [1.165, 1.54) is 0 Å². The number of aliphatic hydroxyl groups is 1. The Kier molecular flexibility index (Phi) is 1.87. The molecule has 9 heavy (non-hydrogen) atoms. The molecule has 1 heterocycles. The van der Waals surface area contributed by atoms with Gasteiger partial charge >= 0.3 is 0 Å². The van der Waals surface area contributed by atoms with Crippen molar-refractivity contribution in [2.45, 2.75) is 6.61 Å². The van der Waals surface area contributed by atoms with Crippen molar-refractivity contribution in [2.24, 2.45) is 7.05 Å². The second-order valence-electron chi connectivity index (χ2n) is 1.72. The lowest BCUT2D eigenvalue weighted by molar-refractivity contribution is 0.270. The molecule has 0 aliphatic carbocycles. The maximum absolute atomic E-state index is 8.70. The molecule has 0 aromatic carbocycles. The molecule has 1 aromatic heterocycles. The van der Waals surface area contributed by atoms with E-state index >= 15 is 0 Å². The highest BCUT2D eigenvalue weighted by Gasteiger charge is 2.01. The summed E-state index contributed by atoms with van der Waals surface area (Å²) < 4.78 is 2.48. The first-order valence-corrected chi connectivity index (χ1v) is 3.32. The molecule has 0 bridgehead atoms. The molecule has 0 unspecified atom stereocenters. The van der Waals surface area contributed by atoms with Gasteiger partial charge in [0.2, 0.25) is 0 Å². The molecule has 1 aromatic rings. The first-order valence-electron chi connectivity index (χ1n) is 2.53. The summed E-state index contributed by atoms with van der Waals surface area (Å²) in [5.41, 5.74) is 0.801. The van der Waals surface area contributed by atoms with Crippen LogP contribution < -0.4 is 0 Å². The minimum atomic E-state index is 0.0249. The van der Waals surface area contributed by atoms with Gasteiger partial charge in [-0.25, -0.2) is 0 Å². The summed E-state index contributed by atoms with van der Waals surface area (Å²) in [6.07, 6.45) is 1.66. The van der Waals surface area contributed by atoms with Gasteiger partial charge in [-0.15, -0.1) is 0 Å². The van der Waals surface area contributed by atoms with Crippen LogP contribution in [0.1, 0.15) is 5.69 Å². The van der Waals surface area contributed by atoms with E-state index in [2.05, 4.69) is 21.0 Å². The Balaban J connectivity index is 3.07. The van der Waals surface area contributed by atoms with E-state index in [0.717, 1.165) is 10.2 Å². The number of aryl methyl sites for hydroxylation is 1. The van der Waals surface area contributed by atoms with Crippen LogP contribution >= 0.6 is 15.9 Å². The SMILES string of the molecule is Cn1ncc(Br)c1CO. The molecule has 0 amide bonds. The second-order valence-corrected chi connectivity index (χ2v) is 2.58. The molecule has 0 aliphatic rings. The first-order chi connectivity index (χ1) is 4.25. The zero-order valence-corrected chi connectivity index (χ0v) is 6.59. The number of nitrogens with zero attached hydrogens (tertiary/aromatic N) is 2. The quantitative estimate of drug-likeness (QED) is 0.708. The average Bonchev–Trinajstić information content (AvgIpc) is 2.12. The molecular formula is C5H7BrN2O. The number of aromatic nitrogens is 2. The molecule has 0 aliphatic heterocycles. The number of hydrogen-bond acceptors (Lipinski definition) is 2. The van der Waals surface area contributed by atoms with Gasteiger partial charge in [-0.2, -0.15) is 5.10 Å². The molecule has 0 saturated heterocycles. The lowest BCUT2D eigenvalue weighted by Gasteiger charge is -1.94. The van der Waals surface area contributed by atoms with E-state index in [4.69, 9.17) is 5.11 Å². The van der Waals surface area contributed by atoms with Crippen molar-refractivity contribution in [3.8, 4) is 0 Å². The third-order valence-electron chi connectivity index (χ3n) is 1.16. The highest BCUT2D eigenvalue weighted by atomic mass is 79.9. The first kappa shape index (κ1) is 6.77. The molecule has 0 saturated carbocycles. The van der Waals surface area contributed by atoms with E-state index < -0.39 is 0 Å². The Morgan fingerprint density at radius 2 is 2.56 bits per heavy atom. The number of hydrogen-bond donors (Lipinski definition) is 1. The van der Waals surface area contributed by atoms with Gasteiger partial charge < -0.3 is 5.11 Å². The zero-order valence-electron chi connectivity index (χ0n) is 5.00. The fourth-order valence-electron chi connectivity index (χ4n) is 0.614. The van der Waals surface area contributed by atoms with Crippen LogP contribution in [0.2, 0.25) is 0 Å². The van der Waals surface area contributed by atoms with Gasteiger partial charge in [0, 0.05) is 7.05 Å². The fraction of sp³-hybridized carbons (Fsp3) is 0.400. The van der Waals surface area contributed by atoms with Gasteiger partial charge in [0.15, 0.2) is 0 Å². The van der Waals surface area contributed by atoms with Crippen LogP contribution in [-0.4, -0.2) is 14.9 Å². The lowest BCUT2D eigenvalue weighted by atomic mass is 10.5. The number of rotatable bonds is 1. The highest BCUT2D eigenvalue weighted by molar-refractivity contribution is 9.10. The van der Waals surface area contributed by atoms with Crippen molar-refractivity contribution in [3.63, 3.8) is 0 Å². The molecule has 4 heteroatoms. The summed E-state index contributed by atoms with van der Waals surface area (Å²) in [4.78, 5) is 0. The van der Waals surface area contributed by atoms with Gasteiger partial charge in [0.25, 0.3) is 0 Å². The van der Waals surface area contributed by atoms with Gasteiger partial charge in [-0.1, -0.05) is 0 Å². The van der Waals surface area contributed by atoms with Crippen molar-refractivity contribution in [2.75, 3.05) is 0 Å². The normalized spacial score (nSPS) is 10.1. The van der Waals surface area contributed by atoms with Gasteiger partial charge in [0.05, 0.1) is 23.0 Å².